The summed E-state index contributed by atoms with van der Waals surface area (Å²) in [7, 11) is 0. The molecule has 0 spiro atoms. The van der Waals surface area contributed by atoms with Crippen LogP contribution in [-0.4, -0.2) is 45.2 Å². The summed E-state index contributed by atoms with van der Waals surface area (Å²) in [4.78, 5) is 33.2. The number of carbonyl (C=O) groups is 1. The maximum Gasteiger partial charge on any atom is 0.362 e. The Labute approximate surface area is 196 Å². The van der Waals surface area contributed by atoms with Gasteiger partial charge in [0, 0.05) is 24.2 Å². The number of ether oxygens (including phenoxy) is 1. The van der Waals surface area contributed by atoms with E-state index < -0.39 is 5.97 Å². The lowest BCUT2D eigenvalue weighted by atomic mass is 9.78. The SMILES string of the molecule is CCOC(=O)c1nc2ccccc2n([C@H]2C[C@H]3CC[C@@H](C2)N3[C@H]2CC[C@H](C(C)C)CC2)c1=O. The van der Waals surface area contributed by atoms with E-state index in [1.165, 1.54) is 38.5 Å². The molecule has 1 aromatic carbocycles. The molecule has 2 bridgehead atoms. The minimum Gasteiger partial charge on any atom is -0.461 e. The summed E-state index contributed by atoms with van der Waals surface area (Å²) in [6, 6.07) is 9.53. The van der Waals surface area contributed by atoms with Crippen molar-refractivity contribution in [3.05, 3.63) is 40.3 Å². The molecule has 6 nitrogen and oxygen atoms in total. The number of aromatic nitrogens is 2. The molecule has 33 heavy (non-hydrogen) atoms. The molecular formula is C27H37N3O3. The Bertz CT molecular complexity index is 1060. The molecule has 1 saturated carbocycles. The summed E-state index contributed by atoms with van der Waals surface area (Å²) >= 11 is 0. The van der Waals surface area contributed by atoms with Gasteiger partial charge in [-0.3, -0.25) is 9.69 Å². The molecule has 2 aromatic rings. The van der Waals surface area contributed by atoms with Crippen LogP contribution >= 0.6 is 0 Å². The third-order valence-corrected chi connectivity index (χ3v) is 8.50. The van der Waals surface area contributed by atoms with Crippen LogP contribution in [0, 0.1) is 11.8 Å². The molecule has 3 aliphatic rings. The molecule has 0 N–H and O–H groups in total. The zero-order valence-electron chi connectivity index (χ0n) is 20.2. The molecule has 1 aliphatic carbocycles. The van der Waals surface area contributed by atoms with Crippen molar-refractivity contribution in [3.8, 4) is 0 Å². The average Bonchev–Trinajstić information content (AvgIpc) is 3.08. The largest absolute Gasteiger partial charge is 0.461 e. The standard InChI is InChI=1S/C27H37N3O3/c1-4-33-27(32)25-26(31)30(24-8-6-5-7-23(24)28-25)22-15-20-13-14-21(16-22)29(20)19-11-9-18(10-12-19)17(2)3/h5-8,17-22H,4,9-16H2,1-3H3/t18-,19-,20-,21+,22+. The molecule has 2 saturated heterocycles. The van der Waals surface area contributed by atoms with Crippen LogP contribution in [0.1, 0.15) is 88.7 Å². The number of rotatable bonds is 5. The minimum atomic E-state index is -0.621. The summed E-state index contributed by atoms with van der Waals surface area (Å²) in [5.41, 5.74) is 1.12. The fourth-order valence-corrected chi connectivity index (χ4v) is 6.91. The quantitative estimate of drug-likeness (QED) is 0.602. The van der Waals surface area contributed by atoms with Crippen molar-refractivity contribution in [2.75, 3.05) is 6.61 Å². The molecule has 3 atom stereocenters. The number of hydrogen-bond acceptors (Lipinski definition) is 5. The third kappa shape index (κ3) is 4.11. The molecule has 0 radical (unpaired) electrons. The van der Waals surface area contributed by atoms with Gasteiger partial charge in [-0.1, -0.05) is 26.0 Å². The Morgan fingerprint density at radius 1 is 1.00 bits per heavy atom. The fourth-order valence-electron chi connectivity index (χ4n) is 6.91. The van der Waals surface area contributed by atoms with Crippen LogP contribution in [0.25, 0.3) is 11.0 Å². The van der Waals surface area contributed by atoms with Gasteiger partial charge < -0.3 is 9.30 Å². The highest BCUT2D eigenvalue weighted by atomic mass is 16.5. The second-order valence-electron chi connectivity index (χ2n) is 10.6. The van der Waals surface area contributed by atoms with Gasteiger partial charge in [0.25, 0.3) is 5.56 Å². The van der Waals surface area contributed by atoms with E-state index in [9.17, 15) is 9.59 Å². The normalized spacial score (nSPS) is 30.1. The minimum absolute atomic E-state index is 0.0858. The van der Waals surface area contributed by atoms with E-state index in [0.717, 1.165) is 30.2 Å². The van der Waals surface area contributed by atoms with Crippen LogP contribution in [0.3, 0.4) is 0 Å². The zero-order chi connectivity index (χ0) is 23.1. The van der Waals surface area contributed by atoms with Crippen molar-refractivity contribution in [2.45, 2.75) is 96.3 Å². The number of piperidine rings is 1. The highest BCUT2D eigenvalue weighted by Gasteiger charge is 2.45. The molecule has 0 unspecified atom stereocenters. The van der Waals surface area contributed by atoms with Gasteiger partial charge in [0.05, 0.1) is 17.6 Å². The molecule has 1 aromatic heterocycles. The smallest absolute Gasteiger partial charge is 0.362 e. The van der Waals surface area contributed by atoms with Gasteiger partial charge in [-0.2, -0.15) is 0 Å². The maximum absolute atomic E-state index is 13.5. The van der Waals surface area contributed by atoms with Crippen molar-refractivity contribution in [3.63, 3.8) is 0 Å². The predicted molar refractivity (Wildman–Crippen MR) is 129 cm³/mol. The number of fused-ring (bicyclic) bond motifs is 3. The van der Waals surface area contributed by atoms with Gasteiger partial charge in [0.1, 0.15) is 0 Å². The Kier molecular flexibility index (Phi) is 6.30. The Balaban J connectivity index is 1.43. The van der Waals surface area contributed by atoms with Gasteiger partial charge in [0.15, 0.2) is 0 Å². The predicted octanol–water partition coefficient (Wildman–Crippen LogP) is 4.96. The van der Waals surface area contributed by atoms with E-state index in [1.807, 2.05) is 28.8 Å². The highest BCUT2D eigenvalue weighted by molar-refractivity contribution is 5.89. The van der Waals surface area contributed by atoms with Crippen molar-refractivity contribution in [1.29, 1.82) is 0 Å². The van der Waals surface area contributed by atoms with Crippen molar-refractivity contribution >= 4 is 17.0 Å². The van der Waals surface area contributed by atoms with E-state index in [1.54, 1.807) is 6.92 Å². The first-order valence-corrected chi connectivity index (χ1v) is 12.9. The average molecular weight is 452 g/mol. The molecule has 2 aliphatic heterocycles. The van der Waals surface area contributed by atoms with Crippen LogP contribution < -0.4 is 5.56 Å². The Hall–Kier alpha value is -2.21. The monoisotopic (exact) mass is 451 g/mol. The second-order valence-corrected chi connectivity index (χ2v) is 10.6. The van der Waals surface area contributed by atoms with Gasteiger partial charge in [-0.25, -0.2) is 9.78 Å². The topological polar surface area (TPSA) is 64.4 Å². The number of hydrogen-bond donors (Lipinski definition) is 0. The van der Waals surface area contributed by atoms with Crippen LogP contribution in [-0.2, 0) is 4.74 Å². The first-order chi connectivity index (χ1) is 16.0. The van der Waals surface area contributed by atoms with Crippen LogP contribution in [0.15, 0.2) is 29.1 Å². The van der Waals surface area contributed by atoms with Crippen LogP contribution in [0.2, 0.25) is 0 Å². The molecule has 6 heteroatoms. The van der Waals surface area contributed by atoms with Crippen LogP contribution in [0.4, 0.5) is 0 Å². The van der Waals surface area contributed by atoms with Crippen molar-refractivity contribution in [2.24, 2.45) is 11.8 Å². The van der Waals surface area contributed by atoms with Gasteiger partial charge in [-0.15, -0.1) is 0 Å². The number of benzene rings is 1. The summed E-state index contributed by atoms with van der Waals surface area (Å²) in [5.74, 6) is 1.04. The van der Waals surface area contributed by atoms with Crippen molar-refractivity contribution in [1.82, 2.24) is 14.5 Å². The highest BCUT2D eigenvalue weighted by Crippen LogP contribution is 2.45. The first kappa shape index (κ1) is 22.6. The molecule has 3 fully saturated rings. The number of carbonyl (C=O) groups excluding carboxylic acids is 1. The fraction of sp³-hybridized carbons (Fsp3) is 0.667. The summed E-state index contributed by atoms with van der Waals surface area (Å²) in [5, 5.41) is 0. The summed E-state index contributed by atoms with van der Waals surface area (Å²) in [6.45, 7) is 6.71. The van der Waals surface area contributed by atoms with E-state index in [0.29, 0.717) is 23.6 Å². The lowest BCUT2D eigenvalue weighted by molar-refractivity contribution is 0.0330. The zero-order valence-corrected chi connectivity index (χ0v) is 20.2. The Morgan fingerprint density at radius 2 is 1.64 bits per heavy atom. The van der Waals surface area contributed by atoms with Gasteiger partial charge in [-0.05, 0) is 82.3 Å². The van der Waals surface area contributed by atoms with Crippen LogP contribution in [0.5, 0.6) is 0 Å². The van der Waals surface area contributed by atoms with Gasteiger partial charge in [0.2, 0.25) is 5.69 Å². The second kappa shape index (κ2) is 9.21. The van der Waals surface area contributed by atoms with E-state index in [4.69, 9.17) is 4.74 Å². The molecule has 178 valence electrons. The van der Waals surface area contributed by atoms with E-state index >= 15 is 0 Å². The van der Waals surface area contributed by atoms with Gasteiger partial charge >= 0.3 is 5.97 Å². The number of esters is 1. The molecule has 0 amide bonds. The summed E-state index contributed by atoms with van der Waals surface area (Å²) in [6.07, 6.45) is 9.69. The van der Waals surface area contributed by atoms with E-state index in [-0.39, 0.29) is 23.9 Å². The number of nitrogens with zero attached hydrogens (tertiary/aromatic N) is 3. The lowest BCUT2D eigenvalue weighted by Crippen LogP contribution is -2.51. The molecule has 5 rings (SSSR count). The number of para-hydroxylation sites is 2. The third-order valence-electron chi connectivity index (χ3n) is 8.50. The molecular weight excluding hydrogens is 414 g/mol. The lowest BCUT2D eigenvalue weighted by Gasteiger charge is -2.46. The van der Waals surface area contributed by atoms with Crippen molar-refractivity contribution < 1.29 is 9.53 Å². The maximum atomic E-state index is 13.5. The Morgan fingerprint density at radius 3 is 2.27 bits per heavy atom. The van der Waals surface area contributed by atoms with E-state index in [2.05, 4.69) is 23.7 Å². The molecule has 3 heterocycles. The summed E-state index contributed by atoms with van der Waals surface area (Å²) < 4.78 is 7.02. The first-order valence-electron chi connectivity index (χ1n) is 12.9.